The van der Waals surface area contributed by atoms with Crippen molar-refractivity contribution in [3.05, 3.63) is 89.5 Å². The Bertz CT molecular complexity index is 971. The van der Waals surface area contributed by atoms with Crippen LogP contribution in [-0.4, -0.2) is 17.7 Å². The van der Waals surface area contributed by atoms with Crippen LogP contribution in [0.1, 0.15) is 23.6 Å². The number of aryl methyl sites for hydroxylation is 1. The van der Waals surface area contributed by atoms with Crippen LogP contribution in [0.2, 0.25) is 0 Å². The fourth-order valence-corrected chi connectivity index (χ4v) is 3.29. The average Bonchev–Trinajstić information content (AvgIpc) is 3.22. The van der Waals surface area contributed by atoms with Crippen molar-refractivity contribution in [1.29, 1.82) is 0 Å². The molecule has 5 heteroatoms. The van der Waals surface area contributed by atoms with Crippen molar-refractivity contribution in [2.45, 2.75) is 26.4 Å². The van der Waals surface area contributed by atoms with Gasteiger partial charge in [0.05, 0.1) is 0 Å². The number of hydrogen-bond acceptors (Lipinski definition) is 3. The van der Waals surface area contributed by atoms with Crippen molar-refractivity contribution in [1.82, 2.24) is 4.90 Å². The molecule has 1 heterocycles. The van der Waals surface area contributed by atoms with Gasteiger partial charge in [0.15, 0.2) is 11.5 Å². The maximum atomic E-state index is 13.1. The lowest BCUT2D eigenvalue weighted by molar-refractivity contribution is 0.174. The molecule has 0 unspecified atom stereocenters. The number of carbonyl (C=O) groups is 1. The molecular weight excluding hydrogens is 364 g/mol. The zero-order valence-electron chi connectivity index (χ0n) is 16.4. The number of nitrogens with zero attached hydrogens (tertiary/aromatic N) is 1. The van der Waals surface area contributed by atoms with E-state index in [-0.39, 0.29) is 12.8 Å². The number of benzene rings is 3. The van der Waals surface area contributed by atoms with Gasteiger partial charge < -0.3 is 19.7 Å². The van der Waals surface area contributed by atoms with Crippen LogP contribution in [0.15, 0.2) is 72.8 Å². The molecule has 1 aliphatic rings. The first-order valence-electron chi connectivity index (χ1n) is 9.78. The van der Waals surface area contributed by atoms with Crippen LogP contribution in [0.4, 0.5) is 10.5 Å². The number of hydrogen-bond donors (Lipinski definition) is 1. The molecule has 0 atom stereocenters. The molecule has 0 spiro atoms. The molecule has 0 aliphatic carbocycles. The van der Waals surface area contributed by atoms with E-state index < -0.39 is 0 Å². The van der Waals surface area contributed by atoms with E-state index in [0.717, 1.165) is 34.7 Å². The first kappa shape index (κ1) is 18.9. The molecule has 0 aromatic heterocycles. The summed E-state index contributed by atoms with van der Waals surface area (Å²) in [6.45, 7) is 3.32. The highest BCUT2D eigenvalue weighted by Crippen LogP contribution is 2.33. The quantitative estimate of drug-likeness (QED) is 0.630. The molecule has 2 amide bonds. The molecule has 1 aliphatic heterocycles. The lowest BCUT2D eigenvalue weighted by Gasteiger charge is -2.24. The van der Waals surface area contributed by atoms with Crippen LogP contribution in [0.5, 0.6) is 11.5 Å². The third-order valence-corrected chi connectivity index (χ3v) is 4.93. The van der Waals surface area contributed by atoms with Gasteiger partial charge in [-0.1, -0.05) is 55.5 Å². The number of fused-ring (bicyclic) bond motifs is 1. The van der Waals surface area contributed by atoms with Gasteiger partial charge in [0.25, 0.3) is 0 Å². The van der Waals surface area contributed by atoms with Crippen molar-refractivity contribution in [3.8, 4) is 11.5 Å². The molecule has 29 heavy (non-hydrogen) atoms. The number of nitrogens with one attached hydrogen (secondary N) is 1. The van der Waals surface area contributed by atoms with Gasteiger partial charge in [-0.15, -0.1) is 0 Å². The second-order valence-corrected chi connectivity index (χ2v) is 7.01. The van der Waals surface area contributed by atoms with E-state index in [9.17, 15) is 4.79 Å². The van der Waals surface area contributed by atoms with Crippen LogP contribution < -0.4 is 14.8 Å². The molecule has 3 aromatic carbocycles. The molecule has 1 N–H and O–H groups in total. The third-order valence-electron chi connectivity index (χ3n) is 4.93. The Labute approximate surface area is 170 Å². The van der Waals surface area contributed by atoms with Crippen molar-refractivity contribution in [3.63, 3.8) is 0 Å². The zero-order valence-corrected chi connectivity index (χ0v) is 16.4. The summed E-state index contributed by atoms with van der Waals surface area (Å²) in [4.78, 5) is 14.9. The maximum absolute atomic E-state index is 13.1. The SMILES string of the molecule is CCc1ccc(NC(=O)N(Cc2ccccc2)Cc2ccc3c(c2)OCO3)cc1. The van der Waals surface area contributed by atoms with Crippen LogP contribution in [-0.2, 0) is 19.5 Å². The summed E-state index contributed by atoms with van der Waals surface area (Å²) < 4.78 is 10.9. The summed E-state index contributed by atoms with van der Waals surface area (Å²) in [5.74, 6) is 1.46. The van der Waals surface area contributed by atoms with E-state index in [0.29, 0.717) is 13.1 Å². The van der Waals surface area contributed by atoms with E-state index in [2.05, 4.69) is 12.2 Å². The van der Waals surface area contributed by atoms with Gasteiger partial charge in [-0.25, -0.2) is 4.79 Å². The second kappa shape index (κ2) is 8.69. The van der Waals surface area contributed by atoms with Crippen LogP contribution in [0.25, 0.3) is 0 Å². The maximum Gasteiger partial charge on any atom is 0.322 e. The van der Waals surface area contributed by atoms with Gasteiger partial charge in [-0.3, -0.25) is 0 Å². The van der Waals surface area contributed by atoms with Gasteiger partial charge in [-0.05, 0) is 47.4 Å². The highest BCUT2D eigenvalue weighted by atomic mass is 16.7. The van der Waals surface area contributed by atoms with Crippen LogP contribution >= 0.6 is 0 Å². The summed E-state index contributed by atoms with van der Waals surface area (Å²) >= 11 is 0. The number of amides is 2. The minimum atomic E-state index is -0.143. The summed E-state index contributed by atoms with van der Waals surface area (Å²) in [5.41, 5.74) is 4.09. The Morgan fingerprint density at radius 1 is 0.862 bits per heavy atom. The first-order chi connectivity index (χ1) is 14.2. The summed E-state index contributed by atoms with van der Waals surface area (Å²) in [6, 6.07) is 23.6. The Balaban J connectivity index is 1.52. The predicted molar refractivity (Wildman–Crippen MR) is 113 cm³/mol. The van der Waals surface area contributed by atoms with Gasteiger partial charge in [0.1, 0.15) is 0 Å². The molecular formula is C24H24N2O3. The standard InChI is InChI=1S/C24H24N2O3/c1-2-18-8-11-21(12-9-18)25-24(27)26(15-19-6-4-3-5-7-19)16-20-10-13-22-23(14-20)29-17-28-22/h3-14H,2,15-17H2,1H3,(H,25,27). The van der Waals surface area contributed by atoms with E-state index in [1.54, 1.807) is 4.90 Å². The minimum absolute atomic E-state index is 0.143. The summed E-state index contributed by atoms with van der Waals surface area (Å²) in [6.07, 6.45) is 0.971. The number of urea groups is 1. The van der Waals surface area contributed by atoms with Crippen LogP contribution in [0.3, 0.4) is 0 Å². The van der Waals surface area contributed by atoms with Crippen molar-refractivity contribution in [2.75, 3.05) is 12.1 Å². The lowest BCUT2D eigenvalue weighted by Crippen LogP contribution is -2.34. The zero-order chi connectivity index (χ0) is 20.1. The molecule has 0 bridgehead atoms. The number of rotatable bonds is 6. The number of carbonyl (C=O) groups excluding carboxylic acids is 1. The first-order valence-corrected chi connectivity index (χ1v) is 9.78. The van der Waals surface area contributed by atoms with Crippen molar-refractivity contribution < 1.29 is 14.3 Å². The van der Waals surface area contributed by atoms with E-state index in [1.807, 2.05) is 72.8 Å². The Morgan fingerprint density at radius 2 is 1.55 bits per heavy atom. The third kappa shape index (κ3) is 4.69. The fourth-order valence-electron chi connectivity index (χ4n) is 3.29. The number of ether oxygens (including phenoxy) is 2. The molecule has 0 saturated heterocycles. The molecule has 0 saturated carbocycles. The molecule has 148 valence electrons. The molecule has 0 fully saturated rings. The molecule has 4 rings (SSSR count). The predicted octanol–water partition coefficient (Wildman–Crippen LogP) is 5.21. The Morgan fingerprint density at radius 3 is 2.31 bits per heavy atom. The normalized spacial score (nSPS) is 11.9. The minimum Gasteiger partial charge on any atom is -0.454 e. The molecule has 0 radical (unpaired) electrons. The topological polar surface area (TPSA) is 50.8 Å². The van der Waals surface area contributed by atoms with Gasteiger partial charge in [0.2, 0.25) is 6.79 Å². The van der Waals surface area contributed by atoms with E-state index in [1.165, 1.54) is 5.56 Å². The van der Waals surface area contributed by atoms with Crippen LogP contribution in [0, 0.1) is 0 Å². The average molecular weight is 388 g/mol. The van der Waals surface area contributed by atoms with E-state index >= 15 is 0 Å². The highest BCUT2D eigenvalue weighted by molar-refractivity contribution is 5.89. The fraction of sp³-hybridized carbons (Fsp3) is 0.208. The van der Waals surface area contributed by atoms with Crippen molar-refractivity contribution in [2.24, 2.45) is 0 Å². The van der Waals surface area contributed by atoms with Crippen molar-refractivity contribution >= 4 is 11.7 Å². The van der Waals surface area contributed by atoms with Gasteiger partial charge in [0, 0.05) is 18.8 Å². The number of anilines is 1. The molecule has 5 nitrogen and oxygen atoms in total. The monoisotopic (exact) mass is 388 g/mol. The molecule has 3 aromatic rings. The Kier molecular flexibility index (Phi) is 5.66. The smallest absolute Gasteiger partial charge is 0.322 e. The summed E-state index contributed by atoms with van der Waals surface area (Å²) in [5, 5.41) is 3.02. The highest BCUT2D eigenvalue weighted by Gasteiger charge is 2.18. The van der Waals surface area contributed by atoms with E-state index in [4.69, 9.17) is 9.47 Å². The Hall–Kier alpha value is -3.47. The van der Waals surface area contributed by atoms with Gasteiger partial charge in [-0.2, -0.15) is 0 Å². The second-order valence-electron chi connectivity index (χ2n) is 7.01. The largest absolute Gasteiger partial charge is 0.454 e. The summed E-state index contributed by atoms with van der Waals surface area (Å²) in [7, 11) is 0. The lowest BCUT2D eigenvalue weighted by atomic mass is 10.1. The van der Waals surface area contributed by atoms with Gasteiger partial charge >= 0.3 is 6.03 Å².